The quantitative estimate of drug-likeness (QED) is 0.696. The lowest BCUT2D eigenvalue weighted by Gasteiger charge is -2.08. The van der Waals surface area contributed by atoms with Crippen molar-refractivity contribution in [2.45, 2.75) is 20.8 Å². The fraction of sp³-hybridized carbons (Fsp3) is 0.353. The van der Waals surface area contributed by atoms with Gasteiger partial charge in [0.25, 0.3) is 11.6 Å². The minimum absolute atomic E-state index is 0.144. The van der Waals surface area contributed by atoms with Crippen LogP contribution in [0.3, 0.4) is 0 Å². The Kier molecular flexibility index (Phi) is 4.64. The zero-order chi connectivity index (χ0) is 17.3. The molecule has 126 valence electrons. The second kappa shape index (κ2) is 6.70. The van der Waals surface area contributed by atoms with E-state index in [2.05, 4.69) is 40.7 Å². The van der Waals surface area contributed by atoms with Crippen LogP contribution in [-0.4, -0.2) is 36.2 Å². The third kappa shape index (κ3) is 3.05. The van der Waals surface area contributed by atoms with Crippen molar-refractivity contribution in [3.05, 3.63) is 33.1 Å². The molecule has 6 nitrogen and oxygen atoms in total. The van der Waals surface area contributed by atoms with Gasteiger partial charge in [-0.2, -0.15) is 0 Å². The van der Waals surface area contributed by atoms with E-state index in [9.17, 15) is 4.79 Å². The van der Waals surface area contributed by atoms with Gasteiger partial charge in [0.05, 0.1) is 22.3 Å². The summed E-state index contributed by atoms with van der Waals surface area (Å²) in [5.74, 6) is -0.144. The molecule has 3 aromatic heterocycles. The maximum absolute atomic E-state index is 12.6. The number of pyridine rings is 1. The number of nitrogens with zero attached hydrogens (tertiary/aromatic N) is 2. The van der Waals surface area contributed by atoms with Gasteiger partial charge in [0, 0.05) is 28.4 Å². The predicted molar refractivity (Wildman–Crippen MR) is 95.6 cm³/mol. The highest BCUT2D eigenvalue weighted by molar-refractivity contribution is 7.12. The molecule has 3 rings (SSSR count). The van der Waals surface area contributed by atoms with Crippen LogP contribution < -0.4 is 10.6 Å². The summed E-state index contributed by atoms with van der Waals surface area (Å²) in [7, 11) is 1.85. The van der Waals surface area contributed by atoms with Gasteiger partial charge in [0.2, 0.25) is 0 Å². The molecule has 0 radical (unpaired) electrons. The third-order valence-electron chi connectivity index (χ3n) is 3.84. The van der Waals surface area contributed by atoms with Crippen LogP contribution in [0.5, 0.6) is 0 Å². The largest absolute Gasteiger partial charge is 0.351 e. The molecule has 0 fully saturated rings. The first-order valence-corrected chi connectivity index (χ1v) is 8.60. The standard InChI is InChI=1S/C17H20N4O2S/c1-9-7-12(11(3)24-9)14-8-13(16(22)19-6-5-18-4)15-10(2)21-23-17(15)20-14/h7-8,18H,5-6H2,1-4H3,(H,19,22). The molecule has 0 aliphatic heterocycles. The van der Waals surface area contributed by atoms with Crippen molar-refractivity contribution in [1.29, 1.82) is 0 Å². The lowest BCUT2D eigenvalue weighted by molar-refractivity contribution is 0.0955. The molecule has 3 aromatic rings. The number of rotatable bonds is 5. The Morgan fingerprint density at radius 1 is 1.25 bits per heavy atom. The number of carbonyl (C=O) groups excluding carboxylic acids is 1. The number of aromatic nitrogens is 2. The molecule has 0 bridgehead atoms. The zero-order valence-electron chi connectivity index (χ0n) is 14.2. The molecule has 0 atom stereocenters. The van der Waals surface area contributed by atoms with Gasteiger partial charge in [0.1, 0.15) is 0 Å². The van der Waals surface area contributed by atoms with Gasteiger partial charge in [-0.1, -0.05) is 5.16 Å². The van der Waals surface area contributed by atoms with Crippen molar-refractivity contribution < 1.29 is 9.32 Å². The van der Waals surface area contributed by atoms with Crippen LogP contribution >= 0.6 is 11.3 Å². The molecule has 0 aliphatic rings. The third-order valence-corrected chi connectivity index (χ3v) is 4.81. The molecule has 0 aliphatic carbocycles. The number of carbonyl (C=O) groups is 1. The molecule has 3 heterocycles. The molecule has 1 amide bonds. The number of nitrogens with one attached hydrogen (secondary N) is 2. The minimum atomic E-state index is -0.144. The topological polar surface area (TPSA) is 80.0 Å². The Hall–Kier alpha value is -2.25. The number of amides is 1. The summed E-state index contributed by atoms with van der Waals surface area (Å²) >= 11 is 1.71. The summed E-state index contributed by atoms with van der Waals surface area (Å²) in [5.41, 5.74) is 3.37. The van der Waals surface area contributed by atoms with Crippen molar-refractivity contribution >= 4 is 28.3 Å². The molecule has 24 heavy (non-hydrogen) atoms. The molecular formula is C17H20N4O2S. The van der Waals surface area contributed by atoms with Gasteiger partial charge < -0.3 is 15.2 Å². The smallest absolute Gasteiger partial charge is 0.259 e. The lowest BCUT2D eigenvalue weighted by atomic mass is 10.1. The van der Waals surface area contributed by atoms with Crippen molar-refractivity contribution in [2.24, 2.45) is 0 Å². The number of aryl methyl sites for hydroxylation is 3. The van der Waals surface area contributed by atoms with Gasteiger partial charge in [-0.05, 0) is 40.0 Å². The molecular weight excluding hydrogens is 324 g/mol. The van der Waals surface area contributed by atoms with E-state index in [4.69, 9.17) is 4.52 Å². The van der Waals surface area contributed by atoms with E-state index in [0.29, 0.717) is 35.4 Å². The van der Waals surface area contributed by atoms with Crippen LogP contribution in [0.25, 0.3) is 22.4 Å². The lowest BCUT2D eigenvalue weighted by Crippen LogP contribution is -2.30. The molecule has 7 heteroatoms. The van der Waals surface area contributed by atoms with E-state index in [1.54, 1.807) is 11.3 Å². The van der Waals surface area contributed by atoms with E-state index >= 15 is 0 Å². The summed E-state index contributed by atoms with van der Waals surface area (Å²) in [5, 5.41) is 10.6. The molecule has 2 N–H and O–H groups in total. The molecule has 0 spiro atoms. The second-order valence-corrected chi connectivity index (χ2v) is 7.15. The highest BCUT2D eigenvalue weighted by Gasteiger charge is 2.20. The van der Waals surface area contributed by atoms with Crippen molar-refractivity contribution in [1.82, 2.24) is 20.8 Å². The Balaban J connectivity index is 2.10. The molecule has 0 saturated heterocycles. The number of likely N-dealkylation sites (N-methyl/N-ethyl adjacent to an activating group) is 1. The normalized spacial score (nSPS) is 11.2. The van der Waals surface area contributed by atoms with Crippen molar-refractivity contribution in [2.75, 3.05) is 20.1 Å². The van der Waals surface area contributed by atoms with Crippen LogP contribution in [0.4, 0.5) is 0 Å². The van der Waals surface area contributed by atoms with E-state index in [1.807, 2.05) is 20.0 Å². The Labute approximate surface area is 144 Å². The SMILES string of the molecule is CNCCNC(=O)c1cc(-c2cc(C)sc2C)nc2onc(C)c12. The summed E-state index contributed by atoms with van der Waals surface area (Å²) in [6.07, 6.45) is 0. The summed E-state index contributed by atoms with van der Waals surface area (Å²) in [6, 6.07) is 3.91. The highest BCUT2D eigenvalue weighted by Crippen LogP contribution is 2.32. The predicted octanol–water partition coefficient (Wildman–Crippen LogP) is 2.83. The fourth-order valence-electron chi connectivity index (χ4n) is 2.69. The zero-order valence-corrected chi connectivity index (χ0v) is 15.0. The Morgan fingerprint density at radius 3 is 2.71 bits per heavy atom. The first-order chi connectivity index (χ1) is 11.5. The van der Waals surface area contributed by atoms with Gasteiger partial charge in [0.15, 0.2) is 0 Å². The second-order valence-electron chi connectivity index (χ2n) is 5.69. The maximum Gasteiger partial charge on any atom is 0.259 e. The van der Waals surface area contributed by atoms with Crippen LogP contribution in [0.15, 0.2) is 16.7 Å². The van der Waals surface area contributed by atoms with Crippen molar-refractivity contribution in [3.63, 3.8) is 0 Å². The van der Waals surface area contributed by atoms with Crippen LogP contribution in [0.2, 0.25) is 0 Å². The Bertz CT molecular complexity index is 898. The van der Waals surface area contributed by atoms with E-state index in [-0.39, 0.29) is 5.91 Å². The van der Waals surface area contributed by atoms with Gasteiger partial charge in [-0.3, -0.25) is 4.79 Å². The molecule has 0 saturated carbocycles. The first kappa shape index (κ1) is 16.6. The average molecular weight is 344 g/mol. The number of fused-ring (bicyclic) bond motifs is 1. The summed E-state index contributed by atoms with van der Waals surface area (Å²) in [6.45, 7) is 7.19. The Morgan fingerprint density at radius 2 is 2.04 bits per heavy atom. The highest BCUT2D eigenvalue weighted by atomic mass is 32.1. The minimum Gasteiger partial charge on any atom is -0.351 e. The van der Waals surface area contributed by atoms with Crippen LogP contribution in [-0.2, 0) is 0 Å². The first-order valence-electron chi connectivity index (χ1n) is 7.78. The molecule has 0 aromatic carbocycles. The number of hydrogen-bond acceptors (Lipinski definition) is 6. The number of hydrogen-bond donors (Lipinski definition) is 2. The van der Waals surface area contributed by atoms with Gasteiger partial charge in [-0.15, -0.1) is 11.3 Å². The number of thiophene rings is 1. The summed E-state index contributed by atoms with van der Waals surface area (Å²) < 4.78 is 5.32. The maximum atomic E-state index is 12.6. The van der Waals surface area contributed by atoms with Crippen LogP contribution in [0.1, 0.15) is 25.8 Å². The average Bonchev–Trinajstić information content (AvgIpc) is 3.09. The van der Waals surface area contributed by atoms with E-state index in [0.717, 1.165) is 16.1 Å². The monoisotopic (exact) mass is 344 g/mol. The van der Waals surface area contributed by atoms with Crippen LogP contribution in [0, 0.1) is 20.8 Å². The van der Waals surface area contributed by atoms with E-state index in [1.165, 1.54) is 4.88 Å². The van der Waals surface area contributed by atoms with Crippen molar-refractivity contribution in [3.8, 4) is 11.3 Å². The van der Waals surface area contributed by atoms with Gasteiger partial charge in [-0.25, -0.2) is 4.98 Å². The van der Waals surface area contributed by atoms with E-state index < -0.39 is 0 Å². The fourth-order valence-corrected chi connectivity index (χ4v) is 3.63. The van der Waals surface area contributed by atoms with Gasteiger partial charge >= 0.3 is 0 Å². The summed E-state index contributed by atoms with van der Waals surface area (Å²) in [4.78, 5) is 19.6. The molecule has 0 unspecified atom stereocenters.